The van der Waals surface area contributed by atoms with E-state index in [-0.39, 0.29) is 32.2 Å². The Morgan fingerprint density at radius 2 is 1.88 bits per heavy atom. The van der Waals surface area contributed by atoms with Crippen LogP contribution < -0.4 is 22.1 Å². The molecule has 0 aliphatic carbocycles. The number of nitrogens with two attached hydrogens (primary N) is 2. The molecule has 0 spiro atoms. The van der Waals surface area contributed by atoms with E-state index in [1.165, 1.54) is 11.2 Å². The molecule has 4 atom stereocenters. The molecule has 0 saturated carbocycles. The number of nitrogens with one attached hydrogen (secondary N) is 4. The molecule has 1 aromatic carbocycles. The zero-order chi connectivity index (χ0) is 29.5. The molecule has 218 valence electrons. The van der Waals surface area contributed by atoms with Gasteiger partial charge < -0.3 is 42.1 Å². The van der Waals surface area contributed by atoms with E-state index in [1.807, 2.05) is 24.3 Å². The number of aliphatic carboxylic acids is 1. The van der Waals surface area contributed by atoms with Gasteiger partial charge in [-0.1, -0.05) is 18.2 Å². The minimum absolute atomic E-state index is 0.132. The lowest BCUT2D eigenvalue weighted by Gasteiger charge is -2.30. The monoisotopic (exact) mass is 566 g/mol. The number of imidazole rings is 1. The van der Waals surface area contributed by atoms with E-state index < -0.39 is 53.8 Å². The Balaban J connectivity index is 1.53. The molecule has 14 nitrogen and oxygen atoms in total. The summed E-state index contributed by atoms with van der Waals surface area (Å²) in [5.74, 6) is -3.69. The number of rotatable bonds is 13. The molecule has 41 heavy (non-hydrogen) atoms. The van der Waals surface area contributed by atoms with Crippen LogP contribution >= 0.6 is 0 Å². The lowest BCUT2D eigenvalue weighted by atomic mass is 10.0. The van der Waals surface area contributed by atoms with Crippen molar-refractivity contribution in [3.8, 4) is 0 Å². The van der Waals surface area contributed by atoms with Crippen molar-refractivity contribution in [2.24, 2.45) is 11.5 Å². The van der Waals surface area contributed by atoms with Crippen molar-refractivity contribution in [2.75, 3.05) is 6.54 Å². The van der Waals surface area contributed by atoms with Crippen LogP contribution in [0.25, 0.3) is 10.9 Å². The maximum absolute atomic E-state index is 13.9. The van der Waals surface area contributed by atoms with Gasteiger partial charge in [0.1, 0.15) is 18.1 Å². The SMILES string of the molecule is NC(=O)CCC(NC(=O)C1CCCN1C(=O)C(Cc1c[nH]c2ccccc12)NC(=O)C(N)Cc1cnc[nH]1)C(=O)O. The van der Waals surface area contributed by atoms with E-state index in [1.54, 1.807) is 12.4 Å². The molecular weight excluding hydrogens is 532 g/mol. The summed E-state index contributed by atoms with van der Waals surface area (Å²) in [6, 6.07) is 3.25. The molecule has 1 aliphatic rings. The quantitative estimate of drug-likeness (QED) is 0.140. The molecule has 4 amide bonds. The highest BCUT2D eigenvalue weighted by Gasteiger charge is 2.39. The van der Waals surface area contributed by atoms with Crippen molar-refractivity contribution in [1.82, 2.24) is 30.5 Å². The number of benzene rings is 1. The van der Waals surface area contributed by atoms with Gasteiger partial charge in [-0.3, -0.25) is 19.2 Å². The Kier molecular flexibility index (Phi) is 9.34. The number of para-hydroxylation sites is 1. The van der Waals surface area contributed by atoms with Gasteiger partial charge >= 0.3 is 5.97 Å². The van der Waals surface area contributed by atoms with E-state index in [2.05, 4.69) is 25.6 Å². The number of carboxylic acids is 1. The first kappa shape index (κ1) is 29.3. The van der Waals surface area contributed by atoms with Crippen LogP contribution in [0.4, 0.5) is 0 Å². The van der Waals surface area contributed by atoms with Gasteiger partial charge in [-0.05, 0) is 30.9 Å². The fourth-order valence-electron chi connectivity index (χ4n) is 5.04. The smallest absolute Gasteiger partial charge is 0.326 e. The number of amides is 4. The first-order chi connectivity index (χ1) is 19.6. The summed E-state index contributed by atoms with van der Waals surface area (Å²) in [7, 11) is 0. The molecule has 3 heterocycles. The van der Waals surface area contributed by atoms with Crippen LogP contribution in [0.2, 0.25) is 0 Å². The summed E-state index contributed by atoms with van der Waals surface area (Å²) in [6.07, 6.45) is 5.54. The zero-order valence-corrected chi connectivity index (χ0v) is 22.3. The molecule has 9 N–H and O–H groups in total. The predicted octanol–water partition coefficient (Wildman–Crippen LogP) is -0.686. The number of primary amides is 1. The lowest BCUT2D eigenvalue weighted by molar-refractivity contribution is -0.145. The van der Waals surface area contributed by atoms with Crippen LogP contribution in [0.15, 0.2) is 43.0 Å². The van der Waals surface area contributed by atoms with Crippen LogP contribution in [0.3, 0.4) is 0 Å². The summed E-state index contributed by atoms with van der Waals surface area (Å²) >= 11 is 0. The van der Waals surface area contributed by atoms with Crippen molar-refractivity contribution < 1.29 is 29.1 Å². The Morgan fingerprint density at radius 3 is 2.59 bits per heavy atom. The van der Waals surface area contributed by atoms with Crippen molar-refractivity contribution in [2.45, 2.75) is 62.7 Å². The van der Waals surface area contributed by atoms with Gasteiger partial charge in [-0.25, -0.2) is 9.78 Å². The third kappa shape index (κ3) is 7.28. The molecule has 1 fully saturated rings. The Hall–Kier alpha value is -4.72. The Bertz CT molecular complexity index is 1400. The molecule has 0 radical (unpaired) electrons. The van der Waals surface area contributed by atoms with E-state index in [0.717, 1.165) is 16.5 Å². The fraction of sp³-hybridized carbons (Fsp3) is 0.407. The Labute approximate surface area is 235 Å². The largest absolute Gasteiger partial charge is 0.480 e. The average Bonchev–Trinajstić information content (AvgIpc) is 3.71. The van der Waals surface area contributed by atoms with Crippen LogP contribution in [0.5, 0.6) is 0 Å². The minimum atomic E-state index is -1.34. The van der Waals surface area contributed by atoms with E-state index >= 15 is 0 Å². The van der Waals surface area contributed by atoms with Gasteiger partial charge in [-0.15, -0.1) is 0 Å². The van der Waals surface area contributed by atoms with Crippen LogP contribution in [-0.4, -0.2) is 85.3 Å². The van der Waals surface area contributed by atoms with Gasteiger partial charge in [0.25, 0.3) is 0 Å². The summed E-state index contributed by atoms with van der Waals surface area (Å²) in [5.41, 5.74) is 13.6. The third-order valence-electron chi connectivity index (χ3n) is 7.18. The van der Waals surface area contributed by atoms with Crippen LogP contribution in [0, 0.1) is 0 Å². The van der Waals surface area contributed by atoms with Gasteiger partial charge in [0, 0.05) is 54.8 Å². The second-order valence-electron chi connectivity index (χ2n) is 10.1. The maximum Gasteiger partial charge on any atom is 0.326 e. The standard InChI is InChI=1S/C27H34N8O6/c28-18(11-16-13-30-14-32-16)24(37)34-21(10-15-12-31-19-5-2-1-4-17(15)19)26(39)35-9-3-6-22(35)25(38)33-20(27(40)41)7-8-23(29)36/h1-2,4-5,12-14,18,20-22,31H,3,6-11,28H2,(H2,29,36)(H,30,32)(H,33,38)(H,34,37)(H,40,41). The van der Waals surface area contributed by atoms with E-state index in [9.17, 15) is 29.1 Å². The minimum Gasteiger partial charge on any atom is -0.480 e. The highest BCUT2D eigenvalue weighted by Crippen LogP contribution is 2.23. The van der Waals surface area contributed by atoms with Gasteiger partial charge in [0.15, 0.2) is 0 Å². The number of H-pyrrole nitrogens is 2. The summed E-state index contributed by atoms with van der Waals surface area (Å²) in [4.78, 5) is 74.3. The summed E-state index contributed by atoms with van der Waals surface area (Å²) < 4.78 is 0. The van der Waals surface area contributed by atoms with Gasteiger partial charge in [0.2, 0.25) is 23.6 Å². The number of carbonyl (C=O) groups excluding carboxylic acids is 4. The normalized spacial score (nSPS) is 17.1. The molecule has 4 unspecified atom stereocenters. The first-order valence-electron chi connectivity index (χ1n) is 13.3. The molecular formula is C27H34N8O6. The van der Waals surface area contributed by atoms with Gasteiger partial charge in [-0.2, -0.15) is 0 Å². The maximum atomic E-state index is 13.9. The van der Waals surface area contributed by atoms with E-state index in [0.29, 0.717) is 18.5 Å². The Morgan fingerprint density at radius 1 is 1.10 bits per heavy atom. The lowest BCUT2D eigenvalue weighted by Crippen LogP contribution is -2.57. The second kappa shape index (κ2) is 13.1. The number of likely N-dealkylation sites (tertiary alicyclic amines) is 1. The predicted molar refractivity (Wildman–Crippen MR) is 147 cm³/mol. The van der Waals surface area contributed by atoms with E-state index in [4.69, 9.17) is 11.5 Å². The molecule has 2 aromatic heterocycles. The van der Waals surface area contributed by atoms with Crippen molar-refractivity contribution in [3.63, 3.8) is 0 Å². The molecule has 0 bridgehead atoms. The number of aromatic nitrogens is 3. The summed E-state index contributed by atoms with van der Waals surface area (Å²) in [6.45, 7) is 0.246. The average molecular weight is 567 g/mol. The summed E-state index contributed by atoms with van der Waals surface area (Å²) in [5, 5.41) is 15.6. The van der Waals surface area contributed by atoms with Crippen molar-refractivity contribution in [1.29, 1.82) is 0 Å². The van der Waals surface area contributed by atoms with Gasteiger partial charge in [0.05, 0.1) is 12.4 Å². The fourth-order valence-corrected chi connectivity index (χ4v) is 5.04. The second-order valence-corrected chi connectivity index (χ2v) is 10.1. The number of hydrogen-bond donors (Lipinski definition) is 7. The molecule has 1 aliphatic heterocycles. The van der Waals surface area contributed by atoms with Crippen molar-refractivity contribution >= 4 is 40.5 Å². The number of aromatic amines is 2. The molecule has 1 saturated heterocycles. The molecule has 3 aromatic rings. The van der Waals surface area contributed by atoms with Crippen LogP contribution in [-0.2, 0) is 36.8 Å². The number of hydrogen-bond acceptors (Lipinski definition) is 7. The number of carbonyl (C=O) groups is 5. The highest BCUT2D eigenvalue weighted by atomic mass is 16.4. The highest BCUT2D eigenvalue weighted by molar-refractivity contribution is 5.95. The van der Waals surface area contributed by atoms with Crippen LogP contribution in [0.1, 0.15) is 36.9 Å². The third-order valence-corrected chi connectivity index (χ3v) is 7.18. The molecule has 14 heteroatoms. The zero-order valence-electron chi connectivity index (χ0n) is 22.3. The topological polar surface area (TPSA) is 229 Å². The number of fused-ring (bicyclic) bond motifs is 1. The molecule has 4 rings (SSSR count). The first-order valence-corrected chi connectivity index (χ1v) is 13.3. The number of carboxylic acid groups (broad SMARTS) is 1. The number of nitrogens with zero attached hydrogens (tertiary/aromatic N) is 2. The van der Waals surface area contributed by atoms with Crippen molar-refractivity contribution in [3.05, 3.63) is 54.2 Å².